The van der Waals surface area contributed by atoms with Crippen molar-refractivity contribution in [3.05, 3.63) is 24.3 Å². The Morgan fingerprint density at radius 2 is 1.18 bits per heavy atom. The van der Waals surface area contributed by atoms with Gasteiger partial charge < -0.3 is 30.7 Å². The Morgan fingerprint density at radius 3 is 1.64 bits per heavy atom. The van der Waals surface area contributed by atoms with Crippen LogP contribution in [0.5, 0.6) is 0 Å². The number of aromatic nitrogens is 3. The Morgan fingerprint density at radius 1 is 0.714 bits per heavy atom. The third kappa shape index (κ3) is 4.42. The monoisotopic (exact) mass is 383 g/mol. The van der Waals surface area contributed by atoms with Crippen LogP contribution < -0.4 is 20.9 Å². The van der Waals surface area contributed by atoms with E-state index in [1.165, 1.54) is 0 Å². The predicted molar refractivity (Wildman–Crippen MR) is 113 cm³/mol. The fourth-order valence-corrected chi connectivity index (χ4v) is 3.40. The lowest BCUT2D eigenvalue weighted by molar-refractivity contribution is 0.309. The van der Waals surface area contributed by atoms with E-state index in [2.05, 4.69) is 39.0 Å². The van der Waals surface area contributed by atoms with Crippen molar-refractivity contribution in [2.75, 3.05) is 87.3 Å². The molecule has 28 heavy (non-hydrogen) atoms. The molecule has 4 rings (SSSR count). The number of nitrogens with one attached hydrogen (secondary N) is 1. The summed E-state index contributed by atoms with van der Waals surface area (Å²) in [6, 6.07) is 7.60. The van der Waals surface area contributed by atoms with E-state index in [9.17, 15) is 0 Å². The van der Waals surface area contributed by atoms with Crippen LogP contribution in [0.1, 0.15) is 0 Å². The standard InChI is InChI=1S/C19H29N9/c1-25-7-11-27(12-8-25)18-22-17(21-16-5-3-15(20)4-6-16)23-19(24-18)28-13-9-26(2)10-14-28/h3-6H,7-14,20H2,1-2H3,(H,21,22,23,24). The molecule has 3 heterocycles. The maximum Gasteiger partial charge on any atom is 0.233 e. The van der Waals surface area contributed by atoms with Crippen LogP contribution >= 0.6 is 0 Å². The molecule has 1 aromatic heterocycles. The average Bonchev–Trinajstić information content (AvgIpc) is 2.71. The molecule has 1 aromatic carbocycles. The van der Waals surface area contributed by atoms with Gasteiger partial charge in [-0.2, -0.15) is 15.0 Å². The van der Waals surface area contributed by atoms with Crippen LogP contribution in [0.2, 0.25) is 0 Å². The molecule has 0 radical (unpaired) electrons. The first-order valence-corrected chi connectivity index (χ1v) is 9.82. The third-order valence-corrected chi connectivity index (χ3v) is 5.35. The molecular formula is C19H29N9. The molecule has 0 saturated carbocycles. The molecular weight excluding hydrogens is 354 g/mol. The average molecular weight is 384 g/mol. The molecule has 0 bridgehead atoms. The molecule has 2 saturated heterocycles. The first-order valence-electron chi connectivity index (χ1n) is 9.82. The topological polar surface area (TPSA) is 89.7 Å². The summed E-state index contributed by atoms with van der Waals surface area (Å²) in [6.45, 7) is 7.72. The second-order valence-corrected chi connectivity index (χ2v) is 7.59. The zero-order valence-electron chi connectivity index (χ0n) is 16.7. The highest BCUT2D eigenvalue weighted by molar-refractivity contribution is 5.59. The summed E-state index contributed by atoms with van der Waals surface area (Å²) in [5.41, 5.74) is 7.44. The van der Waals surface area contributed by atoms with E-state index in [0.29, 0.717) is 5.95 Å². The van der Waals surface area contributed by atoms with Crippen molar-refractivity contribution in [2.24, 2.45) is 0 Å². The number of nitrogens with two attached hydrogens (primary N) is 1. The summed E-state index contributed by atoms with van der Waals surface area (Å²) >= 11 is 0. The Hall–Kier alpha value is -2.65. The van der Waals surface area contributed by atoms with Gasteiger partial charge in [0.2, 0.25) is 17.8 Å². The number of hydrogen-bond donors (Lipinski definition) is 2. The van der Waals surface area contributed by atoms with Gasteiger partial charge in [-0.15, -0.1) is 0 Å². The van der Waals surface area contributed by atoms with Crippen molar-refractivity contribution in [3.63, 3.8) is 0 Å². The highest BCUT2D eigenvalue weighted by atomic mass is 15.4. The van der Waals surface area contributed by atoms with Crippen molar-refractivity contribution in [3.8, 4) is 0 Å². The van der Waals surface area contributed by atoms with Gasteiger partial charge in [-0.1, -0.05) is 0 Å². The van der Waals surface area contributed by atoms with Crippen molar-refractivity contribution in [1.82, 2.24) is 24.8 Å². The number of anilines is 5. The lowest BCUT2D eigenvalue weighted by atomic mass is 10.3. The second kappa shape index (κ2) is 8.15. The van der Waals surface area contributed by atoms with E-state index in [1.54, 1.807) is 0 Å². The molecule has 2 aliphatic heterocycles. The van der Waals surface area contributed by atoms with Crippen LogP contribution in [-0.2, 0) is 0 Å². The molecule has 0 unspecified atom stereocenters. The van der Waals surface area contributed by atoms with Crippen LogP contribution in [-0.4, -0.2) is 91.2 Å². The first-order chi connectivity index (χ1) is 13.6. The van der Waals surface area contributed by atoms with E-state index in [1.807, 2.05) is 24.3 Å². The lowest BCUT2D eigenvalue weighted by Crippen LogP contribution is -2.46. The number of piperazine rings is 2. The zero-order valence-corrected chi connectivity index (χ0v) is 16.7. The summed E-state index contributed by atoms with van der Waals surface area (Å²) in [6.07, 6.45) is 0. The normalized spacial score (nSPS) is 19.1. The van der Waals surface area contributed by atoms with Crippen molar-refractivity contribution in [1.29, 1.82) is 0 Å². The minimum atomic E-state index is 0.572. The van der Waals surface area contributed by atoms with Gasteiger partial charge in [0, 0.05) is 63.7 Å². The summed E-state index contributed by atoms with van der Waals surface area (Å²) in [5.74, 6) is 2.06. The van der Waals surface area contributed by atoms with E-state index in [0.717, 1.165) is 75.6 Å². The van der Waals surface area contributed by atoms with Gasteiger partial charge >= 0.3 is 0 Å². The largest absolute Gasteiger partial charge is 0.399 e. The summed E-state index contributed by atoms with van der Waals surface area (Å²) in [4.78, 5) is 23.4. The Bertz CT molecular complexity index is 738. The number of benzene rings is 1. The quantitative estimate of drug-likeness (QED) is 0.741. The fourth-order valence-electron chi connectivity index (χ4n) is 3.40. The van der Waals surface area contributed by atoms with Gasteiger partial charge in [-0.25, -0.2) is 0 Å². The number of nitrogens with zero attached hydrogens (tertiary/aromatic N) is 7. The summed E-state index contributed by atoms with van der Waals surface area (Å²) < 4.78 is 0. The molecule has 0 atom stereocenters. The van der Waals surface area contributed by atoms with Crippen molar-refractivity contribution < 1.29 is 0 Å². The predicted octanol–water partition coefficient (Wildman–Crippen LogP) is 0.701. The lowest BCUT2D eigenvalue weighted by Gasteiger charge is -2.34. The minimum absolute atomic E-state index is 0.572. The maximum atomic E-state index is 5.80. The smallest absolute Gasteiger partial charge is 0.233 e. The SMILES string of the molecule is CN1CCN(c2nc(Nc3ccc(N)cc3)nc(N3CCN(C)CC3)n2)CC1. The Labute approximate surface area is 166 Å². The van der Waals surface area contributed by atoms with E-state index in [4.69, 9.17) is 20.7 Å². The molecule has 150 valence electrons. The van der Waals surface area contributed by atoms with E-state index in [-0.39, 0.29) is 0 Å². The number of nitrogen functional groups attached to an aromatic ring is 1. The van der Waals surface area contributed by atoms with Gasteiger partial charge in [-0.3, -0.25) is 0 Å². The van der Waals surface area contributed by atoms with E-state index < -0.39 is 0 Å². The summed E-state index contributed by atoms with van der Waals surface area (Å²) in [5, 5.41) is 3.32. The first kappa shape index (κ1) is 18.7. The second-order valence-electron chi connectivity index (χ2n) is 7.59. The third-order valence-electron chi connectivity index (χ3n) is 5.35. The van der Waals surface area contributed by atoms with Gasteiger partial charge in [0.1, 0.15) is 0 Å². The van der Waals surface area contributed by atoms with Crippen LogP contribution in [0.3, 0.4) is 0 Å². The Kier molecular flexibility index (Phi) is 5.45. The zero-order chi connectivity index (χ0) is 19.5. The molecule has 0 aliphatic carbocycles. The number of rotatable bonds is 4. The maximum absolute atomic E-state index is 5.80. The highest BCUT2D eigenvalue weighted by Crippen LogP contribution is 2.22. The molecule has 9 heteroatoms. The molecule has 2 aromatic rings. The van der Waals surface area contributed by atoms with Crippen LogP contribution in [0.4, 0.5) is 29.2 Å². The molecule has 2 aliphatic rings. The molecule has 0 spiro atoms. The van der Waals surface area contributed by atoms with Crippen molar-refractivity contribution in [2.45, 2.75) is 0 Å². The van der Waals surface area contributed by atoms with Crippen LogP contribution in [0.25, 0.3) is 0 Å². The van der Waals surface area contributed by atoms with Gasteiger partial charge in [0.05, 0.1) is 0 Å². The summed E-state index contributed by atoms with van der Waals surface area (Å²) in [7, 11) is 4.29. The van der Waals surface area contributed by atoms with Gasteiger partial charge in [0.15, 0.2) is 0 Å². The van der Waals surface area contributed by atoms with Gasteiger partial charge in [0.25, 0.3) is 0 Å². The number of hydrogen-bond acceptors (Lipinski definition) is 9. The van der Waals surface area contributed by atoms with E-state index >= 15 is 0 Å². The van der Waals surface area contributed by atoms with Crippen molar-refractivity contribution >= 4 is 29.2 Å². The van der Waals surface area contributed by atoms with Crippen LogP contribution in [0.15, 0.2) is 24.3 Å². The van der Waals surface area contributed by atoms with Gasteiger partial charge in [-0.05, 0) is 38.4 Å². The molecule has 2 fully saturated rings. The number of likely N-dealkylation sites (N-methyl/N-ethyl adjacent to an activating group) is 2. The fraction of sp³-hybridized carbons (Fsp3) is 0.526. The highest BCUT2D eigenvalue weighted by Gasteiger charge is 2.22. The van der Waals surface area contributed by atoms with Crippen LogP contribution in [0, 0.1) is 0 Å². The molecule has 9 nitrogen and oxygen atoms in total. The molecule has 3 N–H and O–H groups in total. The molecule has 0 amide bonds. The Balaban J connectivity index is 1.61. The minimum Gasteiger partial charge on any atom is -0.399 e.